The molecule has 0 aliphatic carbocycles. The van der Waals surface area contributed by atoms with E-state index < -0.39 is 5.97 Å². The van der Waals surface area contributed by atoms with Gasteiger partial charge in [0.2, 0.25) is 5.91 Å². The van der Waals surface area contributed by atoms with E-state index in [-0.39, 0.29) is 24.5 Å². The lowest BCUT2D eigenvalue weighted by molar-refractivity contribution is -0.147. The Morgan fingerprint density at radius 3 is 2.53 bits per heavy atom. The summed E-state index contributed by atoms with van der Waals surface area (Å²) < 4.78 is 5.51. The minimum absolute atomic E-state index is 0.0665. The number of aliphatic carboxylic acids is 1. The van der Waals surface area contributed by atoms with Crippen molar-refractivity contribution in [3.05, 3.63) is 0 Å². The van der Waals surface area contributed by atoms with E-state index >= 15 is 0 Å². The van der Waals surface area contributed by atoms with Crippen LogP contribution in [0.4, 0.5) is 0 Å². The van der Waals surface area contributed by atoms with Crippen LogP contribution in [0.1, 0.15) is 19.8 Å². The van der Waals surface area contributed by atoms with E-state index in [2.05, 4.69) is 0 Å². The highest BCUT2D eigenvalue weighted by atomic mass is 16.5. The molecule has 1 aliphatic rings. The Bertz CT molecular complexity index is 320. The minimum Gasteiger partial charge on any atom is -0.480 e. The standard InChI is InChI=1S/C13H24N2O4/c1-4-11-10(5-8-19-11)13(18)15(9-12(16)17)7-6-14(2)3/h10-11H,4-9H2,1-3H3,(H,16,17). The molecule has 6 nitrogen and oxygen atoms in total. The van der Waals surface area contributed by atoms with Gasteiger partial charge in [0.05, 0.1) is 12.0 Å². The van der Waals surface area contributed by atoms with Crippen molar-refractivity contribution in [1.82, 2.24) is 9.80 Å². The Kier molecular flexibility index (Phi) is 6.24. The number of carbonyl (C=O) groups excluding carboxylic acids is 1. The van der Waals surface area contributed by atoms with Crippen LogP contribution in [0.15, 0.2) is 0 Å². The normalized spacial score (nSPS) is 22.7. The van der Waals surface area contributed by atoms with Gasteiger partial charge in [0.25, 0.3) is 0 Å². The highest BCUT2D eigenvalue weighted by Gasteiger charge is 2.35. The van der Waals surface area contributed by atoms with E-state index in [1.165, 1.54) is 4.90 Å². The van der Waals surface area contributed by atoms with Crippen molar-refractivity contribution in [2.24, 2.45) is 5.92 Å². The summed E-state index contributed by atoms with van der Waals surface area (Å²) in [7, 11) is 3.80. The summed E-state index contributed by atoms with van der Waals surface area (Å²) in [6.07, 6.45) is 1.41. The quantitative estimate of drug-likeness (QED) is 0.720. The molecule has 0 aromatic carbocycles. The lowest BCUT2D eigenvalue weighted by atomic mass is 9.98. The first-order valence-corrected chi connectivity index (χ1v) is 6.72. The molecule has 0 spiro atoms. The average Bonchev–Trinajstić information content (AvgIpc) is 2.81. The Morgan fingerprint density at radius 1 is 1.32 bits per heavy atom. The average molecular weight is 272 g/mol. The van der Waals surface area contributed by atoms with Gasteiger partial charge in [-0.25, -0.2) is 0 Å². The molecular weight excluding hydrogens is 248 g/mol. The van der Waals surface area contributed by atoms with Gasteiger partial charge in [-0.1, -0.05) is 6.92 Å². The van der Waals surface area contributed by atoms with Crippen LogP contribution in [-0.4, -0.2) is 73.2 Å². The van der Waals surface area contributed by atoms with Crippen molar-refractivity contribution >= 4 is 11.9 Å². The largest absolute Gasteiger partial charge is 0.480 e. The molecule has 1 aliphatic heterocycles. The van der Waals surface area contributed by atoms with E-state index in [1.807, 2.05) is 25.9 Å². The summed E-state index contributed by atoms with van der Waals surface area (Å²) in [6.45, 7) is 3.43. The fraction of sp³-hybridized carbons (Fsp3) is 0.846. The summed E-state index contributed by atoms with van der Waals surface area (Å²) in [6, 6.07) is 0. The maximum absolute atomic E-state index is 12.4. The van der Waals surface area contributed by atoms with Crippen LogP contribution in [0.25, 0.3) is 0 Å². The second-order valence-corrected chi connectivity index (χ2v) is 5.17. The van der Waals surface area contributed by atoms with Crippen LogP contribution >= 0.6 is 0 Å². The van der Waals surface area contributed by atoms with Crippen LogP contribution in [0.5, 0.6) is 0 Å². The number of nitrogens with zero attached hydrogens (tertiary/aromatic N) is 2. The van der Waals surface area contributed by atoms with Crippen LogP contribution in [0, 0.1) is 5.92 Å². The molecule has 1 heterocycles. The molecule has 2 unspecified atom stereocenters. The lowest BCUT2D eigenvalue weighted by Crippen LogP contribution is -2.44. The van der Waals surface area contributed by atoms with E-state index in [0.717, 1.165) is 6.42 Å². The first kappa shape index (κ1) is 15.9. The van der Waals surface area contributed by atoms with Gasteiger partial charge in [0, 0.05) is 19.7 Å². The lowest BCUT2D eigenvalue weighted by Gasteiger charge is -2.27. The van der Waals surface area contributed by atoms with E-state index in [0.29, 0.717) is 26.1 Å². The SMILES string of the molecule is CCC1OCCC1C(=O)N(CCN(C)C)CC(=O)O. The maximum Gasteiger partial charge on any atom is 0.323 e. The summed E-state index contributed by atoms with van der Waals surface area (Å²) in [4.78, 5) is 26.7. The second-order valence-electron chi connectivity index (χ2n) is 5.17. The third-order valence-electron chi connectivity index (χ3n) is 3.38. The second kappa shape index (κ2) is 7.45. The molecule has 19 heavy (non-hydrogen) atoms. The molecule has 1 N–H and O–H groups in total. The van der Waals surface area contributed by atoms with Crippen molar-refractivity contribution in [1.29, 1.82) is 0 Å². The number of rotatable bonds is 7. The smallest absolute Gasteiger partial charge is 0.323 e. The van der Waals surface area contributed by atoms with Crippen molar-refractivity contribution in [3.63, 3.8) is 0 Å². The number of hydrogen-bond acceptors (Lipinski definition) is 4. The Labute approximate surface area is 114 Å². The third kappa shape index (κ3) is 4.80. The predicted octanol–water partition coefficient (Wildman–Crippen LogP) is 0.276. The van der Waals surface area contributed by atoms with Gasteiger partial charge >= 0.3 is 5.97 Å². The molecule has 0 bridgehead atoms. The molecule has 1 saturated heterocycles. The van der Waals surface area contributed by atoms with Gasteiger partial charge in [-0.2, -0.15) is 0 Å². The first-order chi connectivity index (χ1) is 8.95. The molecule has 6 heteroatoms. The van der Waals surface area contributed by atoms with Gasteiger partial charge in [-0.3, -0.25) is 9.59 Å². The number of amides is 1. The summed E-state index contributed by atoms with van der Waals surface area (Å²) >= 11 is 0. The fourth-order valence-electron chi connectivity index (χ4n) is 2.32. The van der Waals surface area contributed by atoms with E-state index in [1.54, 1.807) is 0 Å². The summed E-state index contributed by atoms with van der Waals surface area (Å²) in [5, 5.41) is 8.93. The van der Waals surface area contributed by atoms with Crippen LogP contribution in [-0.2, 0) is 14.3 Å². The maximum atomic E-state index is 12.4. The monoisotopic (exact) mass is 272 g/mol. The number of hydrogen-bond donors (Lipinski definition) is 1. The number of carboxylic acids is 1. The van der Waals surface area contributed by atoms with Gasteiger partial charge in [0.15, 0.2) is 0 Å². The molecule has 1 amide bonds. The van der Waals surface area contributed by atoms with Crippen molar-refractivity contribution in [3.8, 4) is 0 Å². The summed E-state index contributed by atoms with van der Waals surface area (Å²) in [5.74, 6) is -1.25. The summed E-state index contributed by atoms with van der Waals surface area (Å²) in [5.41, 5.74) is 0. The van der Waals surface area contributed by atoms with Gasteiger partial charge in [-0.15, -0.1) is 0 Å². The van der Waals surface area contributed by atoms with Crippen molar-refractivity contribution in [2.45, 2.75) is 25.9 Å². The molecular formula is C13H24N2O4. The van der Waals surface area contributed by atoms with Gasteiger partial charge < -0.3 is 19.6 Å². The Hall–Kier alpha value is -1.14. The zero-order valence-electron chi connectivity index (χ0n) is 12.0. The molecule has 0 saturated carbocycles. The van der Waals surface area contributed by atoms with Crippen LogP contribution in [0.3, 0.4) is 0 Å². The van der Waals surface area contributed by atoms with Gasteiger partial charge in [0.1, 0.15) is 6.54 Å². The van der Waals surface area contributed by atoms with Crippen molar-refractivity contribution < 1.29 is 19.4 Å². The Morgan fingerprint density at radius 2 is 2.00 bits per heavy atom. The van der Waals surface area contributed by atoms with Crippen molar-refractivity contribution in [2.75, 3.05) is 40.3 Å². The van der Waals surface area contributed by atoms with E-state index in [4.69, 9.17) is 9.84 Å². The van der Waals surface area contributed by atoms with Gasteiger partial charge in [-0.05, 0) is 26.9 Å². The number of ether oxygens (including phenoxy) is 1. The molecule has 110 valence electrons. The fourth-order valence-corrected chi connectivity index (χ4v) is 2.32. The first-order valence-electron chi connectivity index (χ1n) is 6.72. The molecule has 0 aromatic heterocycles. The van der Waals surface area contributed by atoms with Crippen LogP contribution < -0.4 is 0 Å². The molecule has 1 rings (SSSR count). The predicted molar refractivity (Wildman–Crippen MR) is 70.9 cm³/mol. The topological polar surface area (TPSA) is 70.1 Å². The highest BCUT2D eigenvalue weighted by molar-refractivity contribution is 5.83. The Balaban J connectivity index is 2.66. The highest BCUT2D eigenvalue weighted by Crippen LogP contribution is 2.25. The molecule has 0 aromatic rings. The van der Waals surface area contributed by atoms with Crippen LogP contribution in [0.2, 0.25) is 0 Å². The number of likely N-dealkylation sites (N-methyl/N-ethyl adjacent to an activating group) is 1. The van der Waals surface area contributed by atoms with E-state index in [9.17, 15) is 9.59 Å². The minimum atomic E-state index is -0.973. The number of carbonyl (C=O) groups is 2. The molecule has 0 radical (unpaired) electrons. The molecule has 1 fully saturated rings. The third-order valence-corrected chi connectivity index (χ3v) is 3.38. The molecule has 2 atom stereocenters. The zero-order valence-corrected chi connectivity index (χ0v) is 12.0. The zero-order chi connectivity index (χ0) is 14.4. The number of carboxylic acid groups (broad SMARTS) is 1.